The van der Waals surface area contributed by atoms with Crippen molar-refractivity contribution < 1.29 is 39.6 Å². The van der Waals surface area contributed by atoms with Crippen molar-refractivity contribution in [3.63, 3.8) is 0 Å². The van der Waals surface area contributed by atoms with E-state index in [0.29, 0.717) is 11.1 Å². The summed E-state index contributed by atoms with van der Waals surface area (Å²) in [7, 11) is 1.73. The number of hydrogen-bond donors (Lipinski definition) is 6. The van der Waals surface area contributed by atoms with Crippen LogP contribution >= 0.6 is 11.6 Å². The monoisotopic (exact) mass is 575 g/mol. The van der Waals surface area contributed by atoms with Gasteiger partial charge in [-0.15, -0.1) is 0 Å². The van der Waals surface area contributed by atoms with E-state index in [2.05, 4.69) is 5.32 Å². The number of hydrogen-bond acceptors (Lipinski definition) is 9. The van der Waals surface area contributed by atoms with Crippen LogP contribution in [0.4, 0.5) is 0 Å². The number of nitrogens with one attached hydrogen (secondary N) is 1. The Labute approximate surface area is 236 Å². The van der Waals surface area contributed by atoms with Crippen molar-refractivity contribution in [2.75, 3.05) is 7.05 Å². The number of carbonyl (C=O) groups is 4. The number of benzene rings is 1. The van der Waals surface area contributed by atoms with Crippen LogP contribution in [0.1, 0.15) is 57.2 Å². The van der Waals surface area contributed by atoms with Gasteiger partial charge >= 0.3 is 0 Å². The van der Waals surface area contributed by atoms with Crippen molar-refractivity contribution in [2.45, 2.75) is 70.7 Å². The summed E-state index contributed by atoms with van der Waals surface area (Å²) in [4.78, 5) is 52.3. The SMILES string of the molecule is C[C@H](C(=O)NC(C)(C)C)N(C)Cc1cc(O)c2c(c1Cl)CC1CC3CC(=O)C(C(N)=O)=C(O)C3(O)C(=O)C1=C2O. The van der Waals surface area contributed by atoms with E-state index in [1.165, 1.54) is 6.07 Å². The molecule has 0 aliphatic heterocycles. The summed E-state index contributed by atoms with van der Waals surface area (Å²) in [5, 5.41) is 47.3. The second-order valence-electron chi connectivity index (χ2n) is 12.0. The van der Waals surface area contributed by atoms with Crippen molar-refractivity contribution >= 4 is 40.7 Å². The second-order valence-corrected chi connectivity index (χ2v) is 12.3. The van der Waals surface area contributed by atoms with Crippen molar-refractivity contribution in [1.29, 1.82) is 0 Å². The van der Waals surface area contributed by atoms with Crippen LogP contribution in [-0.4, -0.2) is 72.9 Å². The lowest BCUT2D eigenvalue weighted by molar-refractivity contribution is -0.147. The number of halogens is 1. The van der Waals surface area contributed by atoms with Crippen LogP contribution < -0.4 is 11.1 Å². The van der Waals surface area contributed by atoms with Gasteiger partial charge in [0.2, 0.25) is 11.7 Å². The first-order valence-corrected chi connectivity index (χ1v) is 13.3. The van der Waals surface area contributed by atoms with Crippen molar-refractivity contribution in [1.82, 2.24) is 10.2 Å². The number of amides is 2. The summed E-state index contributed by atoms with van der Waals surface area (Å²) in [5.74, 6) is -7.17. The van der Waals surface area contributed by atoms with Crippen LogP contribution in [0.2, 0.25) is 5.02 Å². The highest BCUT2D eigenvalue weighted by Crippen LogP contribution is 2.53. The number of Topliss-reactive ketones (excluding diaryl/α,β-unsaturated/α-hetero) is 2. The number of phenolic OH excluding ortho intramolecular Hbond substituents is 1. The molecule has 12 heteroatoms. The number of aliphatic hydroxyl groups is 3. The average Bonchev–Trinajstić information content (AvgIpc) is 2.82. The summed E-state index contributed by atoms with van der Waals surface area (Å²) >= 11 is 6.77. The first-order valence-electron chi connectivity index (χ1n) is 12.9. The Kier molecular flexibility index (Phi) is 7.32. The summed E-state index contributed by atoms with van der Waals surface area (Å²) in [6, 6.07) is 0.812. The number of fused-ring (bicyclic) bond motifs is 3. The number of phenols is 1. The lowest BCUT2D eigenvalue weighted by atomic mass is 9.59. The van der Waals surface area contributed by atoms with Gasteiger partial charge in [0.15, 0.2) is 11.4 Å². The van der Waals surface area contributed by atoms with Crippen LogP contribution in [0.25, 0.3) is 5.76 Å². The van der Waals surface area contributed by atoms with E-state index < -0.39 is 70.0 Å². The molecule has 1 fully saturated rings. The maximum atomic E-state index is 13.6. The van der Waals surface area contributed by atoms with Gasteiger partial charge in [-0.3, -0.25) is 24.1 Å². The van der Waals surface area contributed by atoms with E-state index in [0.717, 1.165) is 0 Å². The van der Waals surface area contributed by atoms with Crippen LogP contribution in [0.15, 0.2) is 23.0 Å². The molecular weight excluding hydrogens is 542 g/mol. The van der Waals surface area contributed by atoms with Crippen LogP contribution in [-0.2, 0) is 32.1 Å². The molecule has 1 saturated carbocycles. The highest BCUT2D eigenvalue weighted by molar-refractivity contribution is 6.32. The van der Waals surface area contributed by atoms with Gasteiger partial charge < -0.3 is 31.5 Å². The second kappa shape index (κ2) is 9.90. The van der Waals surface area contributed by atoms with E-state index in [4.69, 9.17) is 17.3 Å². The van der Waals surface area contributed by atoms with Crippen LogP contribution in [0, 0.1) is 11.8 Å². The van der Waals surface area contributed by atoms with Gasteiger partial charge in [-0.1, -0.05) is 11.6 Å². The van der Waals surface area contributed by atoms with Crippen LogP contribution in [0.5, 0.6) is 5.75 Å². The van der Waals surface area contributed by atoms with Gasteiger partial charge in [-0.25, -0.2) is 0 Å². The number of likely N-dealkylation sites (N-methyl/N-ethyl adjacent to an activating group) is 1. The lowest BCUT2D eigenvalue weighted by Crippen LogP contribution is -2.58. The van der Waals surface area contributed by atoms with Gasteiger partial charge in [0.25, 0.3) is 5.91 Å². The van der Waals surface area contributed by atoms with E-state index in [9.17, 15) is 39.6 Å². The molecule has 11 nitrogen and oxygen atoms in total. The zero-order valence-corrected chi connectivity index (χ0v) is 23.7. The van der Waals surface area contributed by atoms with Crippen molar-refractivity contribution in [3.05, 3.63) is 44.7 Å². The molecule has 0 heterocycles. The van der Waals surface area contributed by atoms with E-state index in [1.54, 1.807) is 18.9 Å². The van der Waals surface area contributed by atoms with Crippen molar-refractivity contribution in [2.24, 2.45) is 17.6 Å². The Morgan fingerprint density at radius 3 is 2.42 bits per heavy atom. The number of nitrogens with two attached hydrogens (primary N) is 1. The molecule has 0 radical (unpaired) electrons. The molecule has 40 heavy (non-hydrogen) atoms. The first kappa shape index (κ1) is 29.6. The molecule has 1 aromatic rings. The molecule has 0 bridgehead atoms. The standard InChI is InChI=1S/C28H34ClN3O8/c1-11(26(39)31-27(2,3)4)32(5)10-13-8-16(33)19-15(21(13)29)7-12-6-14-9-17(34)20(25(30)38)24(37)28(14,40)23(36)18(12)22(19)35/h8,11-12,14,33,35,37,40H,6-7,9-10H2,1-5H3,(H2,30,38)(H,31,39)/t11-,12?,14?,28?/m1/s1. The number of aliphatic hydroxyl groups excluding tert-OH is 2. The minimum Gasteiger partial charge on any atom is -0.508 e. The molecule has 3 aliphatic rings. The van der Waals surface area contributed by atoms with Crippen LogP contribution in [0.3, 0.4) is 0 Å². The van der Waals surface area contributed by atoms with E-state index in [-0.39, 0.29) is 47.2 Å². The minimum atomic E-state index is -2.62. The minimum absolute atomic E-state index is 0.00808. The molecule has 2 amide bonds. The van der Waals surface area contributed by atoms with Gasteiger partial charge in [0.05, 0.1) is 11.6 Å². The third kappa shape index (κ3) is 4.65. The number of primary amides is 1. The first-order chi connectivity index (χ1) is 18.4. The number of rotatable bonds is 5. The molecule has 4 rings (SSSR count). The van der Waals surface area contributed by atoms with Crippen molar-refractivity contribution in [3.8, 4) is 5.75 Å². The Bertz CT molecular complexity index is 1410. The Morgan fingerprint density at radius 1 is 1.23 bits per heavy atom. The molecular formula is C28H34ClN3O8. The number of aromatic hydroxyl groups is 1. The Hall–Kier alpha value is -3.41. The summed E-state index contributed by atoms with van der Waals surface area (Å²) < 4.78 is 0. The lowest BCUT2D eigenvalue weighted by Gasteiger charge is -2.46. The zero-order valence-electron chi connectivity index (χ0n) is 23.0. The number of nitrogens with zero attached hydrogens (tertiary/aromatic N) is 1. The Morgan fingerprint density at radius 2 is 1.85 bits per heavy atom. The predicted molar refractivity (Wildman–Crippen MR) is 145 cm³/mol. The molecule has 216 valence electrons. The molecule has 0 spiro atoms. The zero-order chi connectivity index (χ0) is 30.1. The third-order valence-corrected chi connectivity index (χ3v) is 8.50. The Balaban J connectivity index is 1.73. The summed E-state index contributed by atoms with van der Waals surface area (Å²) in [5.41, 5.74) is 1.87. The fourth-order valence-electron chi connectivity index (χ4n) is 5.92. The smallest absolute Gasteiger partial charge is 0.255 e. The fraction of sp³-hybridized carbons (Fsp3) is 0.500. The summed E-state index contributed by atoms with van der Waals surface area (Å²) in [6.45, 7) is 7.54. The highest BCUT2D eigenvalue weighted by Gasteiger charge is 2.60. The molecule has 7 N–H and O–H groups in total. The van der Waals surface area contributed by atoms with E-state index >= 15 is 0 Å². The van der Waals surface area contributed by atoms with Gasteiger partial charge in [-0.05, 0) is 70.7 Å². The molecule has 4 atom stereocenters. The topological polar surface area (TPSA) is 190 Å². The normalized spacial score (nSPS) is 25.4. The fourth-order valence-corrected chi connectivity index (χ4v) is 6.21. The largest absolute Gasteiger partial charge is 0.508 e. The molecule has 0 saturated heterocycles. The number of ketones is 2. The summed E-state index contributed by atoms with van der Waals surface area (Å²) in [6.07, 6.45) is -0.299. The molecule has 0 aromatic heterocycles. The predicted octanol–water partition coefficient (Wildman–Crippen LogP) is 1.81. The van der Waals surface area contributed by atoms with E-state index in [1.807, 2.05) is 20.8 Å². The average molecular weight is 576 g/mol. The number of carbonyl (C=O) groups excluding carboxylic acids is 4. The molecule has 3 aliphatic carbocycles. The molecule has 1 aromatic carbocycles. The molecule has 3 unspecified atom stereocenters. The highest BCUT2D eigenvalue weighted by atomic mass is 35.5. The maximum Gasteiger partial charge on any atom is 0.255 e. The third-order valence-electron chi connectivity index (χ3n) is 8.03. The quantitative estimate of drug-likeness (QED) is 0.284. The van der Waals surface area contributed by atoms with Gasteiger partial charge in [0, 0.05) is 35.0 Å². The van der Waals surface area contributed by atoms with Gasteiger partial charge in [0.1, 0.15) is 22.8 Å². The maximum absolute atomic E-state index is 13.6. The van der Waals surface area contributed by atoms with Gasteiger partial charge in [-0.2, -0.15) is 0 Å².